The van der Waals surface area contributed by atoms with Gasteiger partial charge in [0.25, 0.3) is 0 Å². The number of nitriles is 1. The van der Waals surface area contributed by atoms with E-state index in [0.717, 1.165) is 25.9 Å². The van der Waals surface area contributed by atoms with Crippen LogP contribution in [0.15, 0.2) is 18.5 Å². The zero-order chi connectivity index (χ0) is 11.9. The van der Waals surface area contributed by atoms with E-state index in [1.54, 1.807) is 0 Å². The first-order valence-corrected chi connectivity index (χ1v) is 6.48. The van der Waals surface area contributed by atoms with Gasteiger partial charge in [0.1, 0.15) is 0 Å². The minimum absolute atomic E-state index is 0.636. The van der Waals surface area contributed by atoms with Crippen LogP contribution in [0.25, 0.3) is 0 Å². The molecule has 0 N–H and O–H groups in total. The number of rotatable bonds is 6. The maximum absolute atomic E-state index is 8.51. The molecule has 1 aromatic rings. The fourth-order valence-corrected chi connectivity index (χ4v) is 2.54. The summed E-state index contributed by atoms with van der Waals surface area (Å²) in [7, 11) is 0. The van der Waals surface area contributed by atoms with Crippen LogP contribution >= 0.6 is 0 Å². The third-order valence-corrected chi connectivity index (χ3v) is 3.44. The molecule has 2 heterocycles. The van der Waals surface area contributed by atoms with Crippen molar-refractivity contribution in [2.45, 2.75) is 44.7 Å². The molecule has 2 rings (SSSR count). The lowest BCUT2D eigenvalue weighted by molar-refractivity contribution is 0.223. The molecule has 0 bridgehead atoms. The average molecular weight is 232 g/mol. The minimum atomic E-state index is 0.636. The first-order chi connectivity index (χ1) is 8.40. The molecule has 0 aromatic carbocycles. The molecule has 0 radical (unpaired) electrons. The molecule has 0 saturated carbocycles. The first kappa shape index (κ1) is 12.1. The minimum Gasteiger partial charge on any atom is -0.299 e. The number of unbranched alkanes of at least 4 members (excludes halogenated alkanes) is 2. The van der Waals surface area contributed by atoms with E-state index in [-0.39, 0.29) is 0 Å². The molecule has 0 amide bonds. The van der Waals surface area contributed by atoms with Gasteiger partial charge in [-0.3, -0.25) is 9.58 Å². The summed E-state index contributed by atoms with van der Waals surface area (Å²) in [4.78, 5) is 2.55. The van der Waals surface area contributed by atoms with Gasteiger partial charge < -0.3 is 0 Å². The highest BCUT2D eigenvalue weighted by molar-refractivity contribution is 4.83. The van der Waals surface area contributed by atoms with Crippen molar-refractivity contribution in [3.8, 4) is 6.07 Å². The lowest BCUT2D eigenvalue weighted by atomic mass is 10.2. The van der Waals surface area contributed by atoms with Gasteiger partial charge in [-0.05, 0) is 44.8 Å². The van der Waals surface area contributed by atoms with Gasteiger partial charge in [0.05, 0.1) is 12.6 Å². The van der Waals surface area contributed by atoms with Crippen molar-refractivity contribution >= 4 is 0 Å². The Bertz CT molecular complexity index is 352. The molecular weight excluding hydrogens is 212 g/mol. The molecule has 1 saturated heterocycles. The molecule has 1 unspecified atom stereocenters. The third-order valence-electron chi connectivity index (χ3n) is 3.44. The number of hydrogen-bond donors (Lipinski definition) is 0. The van der Waals surface area contributed by atoms with Crippen LogP contribution in [0.3, 0.4) is 0 Å². The van der Waals surface area contributed by atoms with E-state index >= 15 is 0 Å². The summed E-state index contributed by atoms with van der Waals surface area (Å²) in [6.45, 7) is 3.34. The largest absolute Gasteiger partial charge is 0.299 e. The van der Waals surface area contributed by atoms with Crippen molar-refractivity contribution in [2.24, 2.45) is 0 Å². The molecular formula is C13H20N4. The van der Waals surface area contributed by atoms with Crippen molar-refractivity contribution in [3.63, 3.8) is 0 Å². The van der Waals surface area contributed by atoms with E-state index in [2.05, 4.69) is 16.1 Å². The lowest BCUT2D eigenvalue weighted by Crippen LogP contribution is -2.33. The van der Waals surface area contributed by atoms with Gasteiger partial charge in [-0.25, -0.2) is 0 Å². The van der Waals surface area contributed by atoms with Gasteiger partial charge in [0.15, 0.2) is 0 Å². The highest BCUT2D eigenvalue weighted by Crippen LogP contribution is 2.19. The summed E-state index contributed by atoms with van der Waals surface area (Å²) >= 11 is 0. The molecule has 4 nitrogen and oxygen atoms in total. The van der Waals surface area contributed by atoms with Gasteiger partial charge in [-0.15, -0.1) is 0 Å². The van der Waals surface area contributed by atoms with Crippen LogP contribution in [0, 0.1) is 11.3 Å². The predicted octanol–water partition coefficient (Wildman–Crippen LogP) is 2.04. The number of likely N-dealkylation sites (tertiary alicyclic amines) is 1. The Morgan fingerprint density at radius 2 is 2.35 bits per heavy atom. The van der Waals surface area contributed by atoms with Crippen LogP contribution in [0.5, 0.6) is 0 Å². The predicted molar refractivity (Wildman–Crippen MR) is 66.3 cm³/mol. The van der Waals surface area contributed by atoms with Gasteiger partial charge in [0, 0.05) is 24.9 Å². The number of aromatic nitrogens is 2. The van der Waals surface area contributed by atoms with Gasteiger partial charge in [0.2, 0.25) is 0 Å². The van der Waals surface area contributed by atoms with Gasteiger partial charge >= 0.3 is 0 Å². The summed E-state index contributed by atoms with van der Waals surface area (Å²) < 4.78 is 2.03. The van der Waals surface area contributed by atoms with E-state index in [4.69, 9.17) is 5.26 Å². The Labute approximate surface area is 103 Å². The molecule has 1 aromatic heterocycles. The van der Waals surface area contributed by atoms with Crippen LogP contribution in [-0.2, 0) is 6.54 Å². The average Bonchev–Trinajstić information content (AvgIpc) is 2.97. The fraction of sp³-hybridized carbons (Fsp3) is 0.692. The lowest BCUT2D eigenvalue weighted by Gasteiger charge is -2.24. The second-order valence-corrected chi connectivity index (χ2v) is 4.68. The highest BCUT2D eigenvalue weighted by Gasteiger charge is 2.24. The molecule has 1 aliphatic rings. The van der Waals surface area contributed by atoms with E-state index in [1.165, 1.54) is 19.4 Å². The quantitative estimate of drug-likeness (QED) is 0.705. The highest BCUT2D eigenvalue weighted by atomic mass is 15.3. The first-order valence-electron chi connectivity index (χ1n) is 6.48. The second kappa shape index (κ2) is 6.41. The Kier molecular flexibility index (Phi) is 4.57. The Balaban J connectivity index is 1.75. The van der Waals surface area contributed by atoms with Crippen molar-refractivity contribution in [2.75, 3.05) is 13.1 Å². The second-order valence-electron chi connectivity index (χ2n) is 4.68. The summed E-state index contributed by atoms with van der Waals surface area (Å²) in [6, 6.07) is 4.82. The number of nitrogens with zero attached hydrogens (tertiary/aromatic N) is 4. The monoisotopic (exact) mass is 232 g/mol. The summed E-state index contributed by atoms with van der Waals surface area (Å²) in [5.74, 6) is 0. The molecule has 1 aliphatic heterocycles. The van der Waals surface area contributed by atoms with Crippen LogP contribution in [-0.4, -0.2) is 33.8 Å². The van der Waals surface area contributed by atoms with Gasteiger partial charge in [-0.2, -0.15) is 10.4 Å². The van der Waals surface area contributed by atoms with E-state index in [0.29, 0.717) is 12.5 Å². The summed E-state index contributed by atoms with van der Waals surface area (Å²) in [5, 5.41) is 12.8. The molecule has 1 atom stereocenters. The van der Waals surface area contributed by atoms with Crippen molar-refractivity contribution in [1.82, 2.24) is 14.7 Å². The fourth-order valence-electron chi connectivity index (χ4n) is 2.54. The Morgan fingerprint density at radius 3 is 3.12 bits per heavy atom. The van der Waals surface area contributed by atoms with Gasteiger partial charge in [-0.1, -0.05) is 0 Å². The Hall–Kier alpha value is -1.34. The molecule has 92 valence electrons. The zero-order valence-electron chi connectivity index (χ0n) is 10.3. The van der Waals surface area contributed by atoms with E-state index < -0.39 is 0 Å². The molecule has 0 aliphatic carbocycles. The Morgan fingerprint density at radius 1 is 1.41 bits per heavy atom. The normalized spacial score (nSPS) is 20.5. The zero-order valence-corrected chi connectivity index (χ0v) is 10.3. The summed E-state index contributed by atoms with van der Waals surface area (Å²) in [6.07, 6.45) is 9.31. The van der Waals surface area contributed by atoms with Crippen molar-refractivity contribution in [1.29, 1.82) is 5.26 Å². The van der Waals surface area contributed by atoms with Crippen LogP contribution in [0.1, 0.15) is 32.1 Å². The molecule has 1 fully saturated rings. The van der Waals surface area contributed by atoms with E-state index in [9.17, 15) is 0 Å². The van der Waals surface area contributed by atoms with Crippen LogP contribution in [0.2, 0.25) is 0 Å². The number of hydrogen-bond acceptors (Lipinski definition) is 3. The third kappa shape index (κ3) is 3.57. The summed E-state index contributed by atoms with van der Waals surface area (Å²) in [5.41, 5.74) is 0. The topological polar surface area (TPSA) is 44.9 Å². The molecule has 0 spiro atoms. The van der Waals surface area contributed by atoms with E-state index in [1.807, 2.05) is 23.1 Å². The smallest absolute Gasteiger partial charge is 0.0621 e. The SMILES string of the molecule is N#CCCCCN1CCCC1Cn1cccn1. The maximum atomic E-state index is 8.51. The van der Waals surface area contributed by atoms with Crippen LogP contribution < -0.4 is 0 Å². The molecule has 17 heavy (non-hydrogen) atoms. The maximum Gasteiger partial charge on any atom is 0.0621 e. The van der Waals surface area contributed by atoms with Crippen LogP contribution in [0.4, 0.5) is 0 Å². The standard InChI is InChI=1S/C13H20N4/c14-7-2-1-3-9-16-10-4-6-13(16)12-17-11-5-8-15-17/h5,8,11,13H,1-4,6,9-10,12H2. The van der Waals surface area contributed by atoms with Crippen molar-refractivity contribution < 1.29 is 0 Å². The molecule has 4 heteroatoms. The van der Waals surface area contributed by atoms with Crippen molar-refractivity contribution in [3.05, 3.63) is 18.5 Å².